The Balaban J connectivity index is 3.11. The highest BCUT2D eigenvalue weighted by atomic mass is 16.5. The zero-order chi connectivity index (χ0) is 13.2. The van der Waals surface area contributed by atoms with E-state index in [9.17, 15) is 14.4 Å². The van der Waals surface area contributed by atoms with Crippen molar-refractivity contribution in [2.45, 2.75) is 20.3 Å². The van der Waals surface area contributed by atoms with Gasteiger partial charge in [-0.05, 0) is 17.9 Å². The number of carbonyl (C=O) groups is 3. The van der Waals surface area contributed by atoms with Gasteiger partial charge in [0.15, 0.2) is 5.76 Å². The van der Waals surface area contributed by atoms with Crippen LogP contribution in [0.15, 0.2) is 11.8 Å². The van der Waals surface area contributed by atoms with Gasteiger partial charge in [0.05, 0.1) is 14.2 Å². The van der Waals surface area contributed by atoms with Gasteiger partial charge in [-0.25, -0.2) is 4.79 Å². The van der Waals surface area contributed by atoms with Gasteiger partial charge >= 0.3 is 5.97 Å². The van der Waals surface area contributed by atoms with Crippen molar-refractivity contribution in [2.75, 3.05) is 14.2 Å². The Bertz CT molecular complexity index is 392. The molecule has 0 aromatic rings. The first-order valence-electron chi connectivity index (χ1n) is 5.25. The van der Waals surface area contributed by atoms with Crippen molar-refractivity contribution in [1.82, 2.24) is 0 Å². The van der Waals surface area contributed by atoms with Crippen molar-refractivity contribution >= 4 is 17.5 Å². The predicted molar refractivity (Wildman–Crippen MR) is 59.0 cm³/mol. The number of hydrogen-bond acceptors (Lipinski definition) is 5. The molecule has 0 aliphatic heterocycles. The van der Waals surface area contributed by atoms with Crippen molar-refractivity contribution in [1.29, 1.82) is 0 Å². The molecule has 0 saturated heterocycles. The molecule has 0 aromatic carbocycles. The van der Waals surface area contributed by atoms with Crippen molar-refractivity contribution in [2.24, 2.45) is 11.3 Å². The quantitative estimate of drug-likeness (QED) is 0.416. The zero-order valence-corrected chi connectivity index (χ0v) is 10.4. The summed E-state index contributed by atoms with van der Waals surface area (Å²) in [6.07, 6.45) is 2.14. The third-order valence-corrected chi connectivity index (χ3v) is 2.97. The maximum Gasteiger partial charge on any atom is 0.375 e. The summed E-state index contributed by atoms with van der Waals surface area (Å²) in [5.41, 5.74) is -0.607. The topological polar surface area (TPSA) is 69.7 Å². The molecule has 1 aliphatic carbocycles. The van der Waals surface area contributed by atoms with E-state index < -0.39 is 28.9 Å². The molecule has 5 heteroatoms. The molecular formula is C12H16O5. The summed E-state index contributed by atoms with van der Waals surface area (Å²) in [7, 11) is 2.48. The smallest absolute Gasteiger partial charge is 0.375 e. The number of esters is 1. The number of Topliss-reactive ketones (excluding diaryl/α,β-unsaturated/α-hetero) is 2. The van der Waals surface area contributed by atoms with Gasteiger partial charge in [0.2, 0.25) is 5.78 Å². The predicted octanol–water partition coefficient (Wildman–Crippen LogP) is 0.874. The summed E-state index contributed by atoms with van der Waals surface area (Å²) in [5, 5.41) is 0. The fourth-order valence-corrected chi connectivity index (χ4v) is 1.95. The molecule has 1 aliphatic rings. The van der Waals surface area contributed by atoms with Gasteiger partial charge in [-0.2, -0.15) is 0 Å². The first kappa shape index (κ1) is 13.4. The minimum atomic E-state index is -1.03. The molecule has 17 heavy (non-hydrogen) atoms. The van der Waals surface area contributed by atoms with E-state index in [4.69, 9.17) is 4.74 Å². The van der Waals surface area contributed by atoms with Crippen LogP contribution >= 0.6 is 0 Å². The lowest BCUT2D eigenvalue weighted by Gasteiger charge is -2.34. The average Bonchev–Trinajstić information content (AvgIpc) is 2.27. The van der Waals surface area contributed by atoms with Crippen molar-refractivity contribution in [3.05, 3.63) is 11.8 Å². The monoisotopic (exact) mass is 240 g/mol. The summed E-state index contributed by atoms with van der Waals surface area (Å²) in [4.78, 5) is 35.1. The third kappa shape index (κ3) is 2.38. The molecule has 0 fully saturated rings. The lowest BCUT2D eigenvalue weighted by atomic mass is 9.68. The van der Waals surface area contributed by atoms with E-state index in [0.29, 0.717) is 6.42 Å². The van der Waals surface area contributed by atoms with Crippen LogP contribution in [-0.2, 0) is 23.9 Å². The van der Waals surface area contributed by atoms with Gasteiger partial charge in [0.25, 0.3) is 5.78 Å². The first-order chi connectivity index (χ1) is 7.85. The van der Waals surface area contributed by atoms with Gasteiger partial charge in [0, 0.05) is 0 Å². The van der Waals surface area contributed by atoms with Gasteiger partial charge in [-0.1, -0.05) is 13.8 Å². The van der Waals surface area contributed by atoms with E-state index in [1.165, 1.54) is 7.11 Å². The standard InChI is InChI=1S/C12H16O5/c1-12(2)6-5-7(16-3)9(13)8(12)10(14)11(15)17-4/h5,8H,6H2,1-4H3. The van der Waals surface area contributed by atoms with Crippen LogP contribution in [0.5, 0.6) is 0 Å². The Kier molecular flexibility index (Phi) is 3.70. The molecule has 0 spiro atoms. The molecule has 1 rings (SSSR count). The van der Waals surface area contributed by atoms with Crippen molar-refractivity contribution in [3.8, 4) is 0 Å². The summed E-state index contributed by atoms with van der Waals surface area (Å²) in [6, 6.07) is 0. The molecule has 0 radical (unpaired) electrons. The highest BCUT2D eigenvalue weighted by molar-refractivity contribution is 6.39. The van der Waals surface area contributed by atoms with Gasteiger partial charge in [0.1, 0.15) is 5.92 Å². The van der Waals surface area contributed by atoms with Crippen LogP contribution in [0, 0.1) is 11.3 Å². The van der Waals surface area contributed by atoms with Crippen LogP contribution in [0.25, 0.3) is 0 Å². The zero-order valence-electron chi connectivity index (χ0n) is 10.4. The molecule has 0 aromatic heterocycles. The van der Waals surface area contributed by atoms with Gasteiger partial charge in [-0.3, -0.25) is 9.59 Å². The fourth-order valence-electron chi connectivity index (χ4n) is 1.95. The number of ether oxygens (including phenoxy) is 2. The molecule has 1 atom stereocenters. The molecule has 0 saturated carbocycles. The number of methoxy groups -OCH3 is 2. The Morgan fingerprint density at radius 2 is 1.94 bits per heavy atom. The second-order valence-electron chi connectivity index (χ2n) is 4.62. The molecule has 0 amide bonds. The summed E-state index contributed by atoms with van der Waals surface area (Å²) in [5.74, 6) is -3.17. The molecule has 0 bridgehead atoms. The summed E-state index contributed by atoms with van der Waals surface area (Å²) < 4.78 is 9.27. The molecule has 0 N–H and O–H groups in total. The van der Waals surface area contributed by atoms with Crippen LogP contribution in [0.3, 0.4) is 0 Å². The number of rotatable bonds is 3. The maximum atomic E-state index is 12.0. The van der Waals surface area contributed by atoms with Gasteiger partial charge < -0.3 is 9.47 Å². The van der Waals surface area contributed by atoms with E-state index in [0.717, 1.165) is 7.11 Å². The van der Waals surface area contributed by atoms with Crippen molar-refractivity contribution in [3.63, 3.8) is 0 Å². The van der Waals surface area contributed by atoms with E-state index in [2.05, 4.69) is 4.74 Å². The number of hydrogen-bond donors (Lipinski definition) is 0. The molecule has 0 heterocycles. The highest BCUT2D eigenvalue weighted by Gasteiger charge is 2.47. The fraction of sp³-hybridized carbons (Fsp3) is 0.583. The lowest BCUT2D eigenvalue weighted by molar-refractivity contribution is -0.157. The minimum absolute atomic E-state index is 0.131. The first-order valence-corrected chi connectivity index (χ1v) is 5.25. The van der Waals surface area contributed by atoms with Crippen LogP contribution in [0.2, 0.25) is 0 Å². The largest absolute Gasteiger partial charge is 0.493 e. The van der Waals surface area contributed by atoms with Crippen LogP contribution in [0.4, 0.5) is 0 Å². The van der Waals surface area contributed by atoms with E-state index in [1.54, 1.807) is 19.9 Å². The SMILES string of the molecule is COC(=O)C(=O)C1C(=O)C(OC)=CCC1(C)C. The maximum absolute atomic E-state index is 12.0. The lowest BCUT2D eigenvalue weighted by Crippen LogP contribution is -2.44. The average molecular weight is 240 g/mol. The van der Waals surface area contributed by atoms with Gasteiger partial charge in [-0.15, -0.1) is 0 Å². The normalized spacial score (nSPS) is 22.7. The van der Waals surface area contributed by atoms with E-state index >= 15 is 0 Å². The molecule has 1 unspecified atom stereocenters. The second-order valence-corrected chi connectivity index (χ2v) is 4.62. The summed E-state index contributed by atoms with van der Waals surface area (Å²) in [6.45, 7) is 3.53. The third-order valence-electron chi connectivity index (χ3n) is 2.97. The number of ketones is 2. The molecule has 5 nitrogen and oxygen atoms in total. The molecular weight excluding hydrogens is 224 g/mol. The number of allylic oxidation sites excluding steroid dienone is 2. The van der Waals surface area contributed by atoms with Crippen LogP contribution in [-0.4, -0.2) is 31.8 Å². The Labute approximate surface area is 99.8 Å². The minimum Gasteiger partial charge on any atom is -0.493 e. The Morgan fingerprint density at radius 3 is 2.41 bits per heavy atom. The van der Waals surface area contributed by atoms with E-state index in [1.807, 2.05) is 0 Å². The highest BCUT2D eigenvalue weighted by Crippen LogP contribution is 2.38. The summed E-state index contributed by atoms with van der Waals surface area (Å²) >= 11 is 0. The van der Waals surface area contributed by atoms with Crippen LogP contribution in [0.1, 0.15) is 20.3 Å². The number of carbonyl (C=O) groups excluding carboxylic acids is 3. The second kappa shape index (κ2) is 4.69. The van der Waals surface area contributed by atoms with Crippen molar-refractivity contribution < 1.29 is 23.9 Å². The van der Waals surface area contributed by atoms with E-state index in [-0.39, 0.29) is 5.76 Å². The van der Waals surface area contributed by atoms with Crippen LogP contribution < -0.4 is 0 Å². The molecule has 94 valence electrons. The Hall–Kier alpha value is -1.65. The Morgan fingerprint density at radius 1 is 1.35 bits per heavy atom.